The molecule has 5 heteroatoms. The van der Waals surface area contributed by atoms with Gasteiger partial charge in [-0.15, -0.1) is 0 Å². The average Bonchev–Trinajstić information content (AvgIpc) is 2.53. The van der Waals surface area contributed by atoms with E-state index in [9.17, 15) is 9.18 Å². The molecule has 2 atom stereocenters. The number of benzene rings is 1. The third-order valence-corrected chi connectivity index (χ3v) is 4.10. The molecule has 2 unspecified atom stereocenters. The molecule has 22 heavy (non-hydrogen) atoms. The van der Waals surface area contributed by atoms with Crippen molar-refractivity contribution in [1.82, 2.24) is 4.98 Å². The largest absolute Gasteiger partial charge is 0.358 e. The first kappa shape index (κ1) is 14.7. The normalized spacial score (nSPS) is 20.5. The van der Waals surface area contributed by atoms with Crippen LogP contribution in [0, 0.1) is 5.82 Å². The highest BCUT2D eigenvalue weighted by atomic mass is 19.1. The molecule has 2 heterocycles. The van der Waals surface area contributed by atoms with Crippen LogP contribution in [0.25, 0.3) is 0 Å². The van der Waals surface area contributed by atoms with Crippen molar-refractivity contribution in [3.8, 4) is 0 Å². The molecular weight excluding hydrogens is 281 g/mol. The lowest BCUT2D eigenvalue weighted by atomic mass is 9.95. The Hall–Kier alpha value is -2.27. The molecule has 1 aromatic carbocycles. The van der Waals surface area contributed by atoms with Gasteiger partial charge in [-0.25, -0.2) is 4.39 Å². The van der Waals surface area contributed by atoms with Crippen LogP contribution in [-0.2, 0) is 17.6 Å². The Morgan fingerprint density at radius 1 is 1.32 bits per heavy atom. The number of anilines is 1. The van der Waals surface area contributed by atoms with Crippen molar-refractivity contribution in [2.24, 2.45) is 5.73 Å². The number of nitrogens with two attached hydrogens (primary N) is 1. The van der Waals surface area contributed by atoms with Crippen LogP contribution >= 0.6 is 0 Å². The van der Waals surface area contributed by atoms with E-state index in [0.29, 0.717) is 19.4 Å². The van der Waals surface area contributed by atoms with Gasteiger partial charge in [0.2, 0.25) is 0 Å². The van der Waals surface area contributed by atoms with E-state index < -0.39 is 0 Å². The number of nitrogens with zero attached hydrogens (tertiary/aromatic N) is 2. The second-order valence-electron chi connectivity index (χ2n) is 5.53. The number of rotatable bonds is 4. The quantitative estimate of drug-likeness (QED) is 0.873. The molecule has 0 bridgehead atoms. The summed E-state index contributed by atoms with van der Waals surface area (Å²) in [5.41, 5.74) is 9.03. The van der Waals surface area contributed by atoms with Gasteiger partial charge in [0.25, 0.3) is 0 Å². The SMILES string of the molecule is NC1Cc2ncccc2N(CCc2ccc(F)cc2)C1C=O. The Kier molecular flexibility index (Phi) is 4.15. The van der Waals surface area contributed by atoms with Crippen LogP contribution in [0.2, 0.25) is 0 Å². The minimum Gasteiger partial charge on any atom is -0.358 e. The fourth-order valence-electron chi connectivity index (χ4n) is 2.93. The molecule has 0 saturated heterocycles. The van der Waals surface area contributed by atoms with Crippen LogP contribution < -0.4 is 10.6 Å². The predicted molar refractivity (Wildman–Crippen MR) is 83.2 cm³/mol. The zero-order valence-electron chi connectivity index (χ0n) is 12.2. The van der Waals surface area contributed by atoms with Gasteiger partial charge in [-0.1, -0.05) is 12.1 Å². The topological polar surface area (TPSA) is 59.2 Å². The number of hydrogen-bond donors (Lipinski definition) is 1. The summed E-state index contributed by atoms with van der Waals surface area (Å²) in [5.74, 6) is -0.246. The summed E-state index contributed by atoms with van der Waals surface area (Å²) in [5, 5.41) is 0. The van der Waals surface area contributed by atoms with E-state index >= 15 is 0 Å². The number of aldehydes is 1. The summed E-state index contributed by atoms with van der Waals surface area (Å²) in [6, 6.07) is 9.65. The van der Waals surface area contributed by atoms with Crippen molar-refractivity contribution >= 4 is 12.0 Å². The minimum absolute atomic E-state index is 0.246. The third kappa shape index (κ3) is 2.85. The van der Waals surface area contributed by atoms with Crippen molar-refractivity contribution < 1.29 is 9.18 Å². The van der Waals surface area contributed by atoms with Crippen molar-refractivity contribution in [3.63, 3.8) is 0 Å². The molecule has 0 spiro atoms. The molecule has 0 saturated carbocycles. The van der Waals surface area contributed by atoms with Crippen molar-refractivity contribution in [1.29, 1.82) is 0 Å². The van der Waals surface area contributed by atoms with Gasteiger partial charge >= 0.3 is 0 Å². The van der Waals surface area contributed by atoms with E-state index in [1.165, 1.54) is 12.1 Å². The van der Waals surface area contributed by atoms with E-state index in [4.69, 9.17) is 5.73 Å². The van der Waals surface area contributed by atoms with E-state index in [-0.39, 0.29) is 17.9 Å². The van der Waals surface area contributed by atoms with Gasteiger partial charge in [0, 0.05) is 25.2 Å². The van der Waals surface area contributed by atoms with Gasteiger partial charge < -0.3 is 15.4 Å². The highest BCUT2D eigenvalue weighted by molar-refractivity contribution is 5.70. The average molecular weight is 299 g/mol. The second-order valence-corrected chi connectivity index (χ2v) is 5.53. The fourth-order valence-corrected chi connectivity index (χ4v) is 2.93. The van der Waals surface area contributed by atoms with Crippen LogP contribution in [0.4, 0.5) is 10.1 Å². The summed E-state index contributed by atoms with van der Waals surface area (Å²) in [6.45, 7) is 0.640. The highest BCUT2D eigenvalue weighted by Gasteiger charge is 2.32. The Morgan fingerprint density at radius 2 is 2.09 bits per heavy atom. The summed E-state index contributed by atoms with van der Waals surface area (Å²) < 4.78 is 13.0. The smallest absolute Gasteiger partial charge is 0.144 e. The first-order valence-corrected chi connectivity index (χ1v) is 7.35. The first-order valence-electron chi connectivity index (χ1n) is 7.35. The van der Waals surface area contributed by atoms with Gasteiger partial charge in [0.05, 0.1) is 11.4 Å². The molecule has 2 aromatic rings. The maximum absolute atomic E-state index is 13.0. The number of pyridine rings is 1. The van der Waals surface area contributed by atoms with Crippen molar-refractivity contribution in [3.05, 3.63) is 59.7 Å². The fraction of sp³-hybridized carbons (Fsp3) is 0.294. The maximum Gasteiger partial charge on any atom is 0.144 e. The summed E-state index contributed by atoms with van der Waals surface area (Å²) in [4.78, 5) is 17.8. The monoisotopic (exact) mass is 299 g/mol. The number of carbonyl (C=O) groups is 1. The molecule has 3 rings (SSSR count). The molecule has 4 nitrogen and oxygen atoms in total. The zero-order chi connectivity index (χ0) is 15.5. The summed E-state index contributed by atoms with van der Waals surface area (Å²) in [7, 11) is 0. The molecule has 1 aliphatic rings. The van der Waals surface area contributed by atoms with E-state index in [2.05, 4.69) is 4.98 Å². The Morgan fingerprint density at radius 3 is 2.82 bits per heavy atom. The maximum atomic E-state index is 13.0. The Balaban J connectivity index is 1.83. The molecule has 1 aliphatic heterocycles. The van der Waals surface area contributed by atoms with Gasteiger partial charge in [0.15, 0.2) is 0 Å². The van der Waals surface area contributed by atoms with Crippen LogP contribution in [0.1, 0.15) is 11.3 Å². The molecular formula is C17H18FN3O. The zero-order valence-corrected chi connectivity index (χ0v) is 12.2. The second kappa shape index (κ2) is 6.23. The van der Waals surface area contributed by atoms with E-state index in [1.54, 1.807) is 18.3 Å². The van der Waals surface area contributed by atoms with Crippen LogP contribution in [0.15, 0.2) is 42.6 Å². The minimum atomic E-state index is -0.350. The molecule has 0 radical (unpaired) electrons. The standard InChI is InChI=1S/C17H18FN3O/c18-13-5-3-12(4-6-13)7-9-21-16-2-1-8-20-15(16)10-14(19)17(21)11-22/h1-6,8,11,14,17H,7,9-10,19H2. The van der Waals surface area contributed by atoms with Gasteiger partial charge in [-0.05, 0) is 36.2 Å². The molecule has 0 fully saturated rings. The molecule has 114 valence electrons. The lowest BCUT2D eigenvalue weighted by Gasteiger charge is -2.39. The number of carbonyl (C=O) groups excluding carboxylic acids is 1. The molecule has 2 N–H and O–H groups in total. The van der Waals surface area contributed by atoms with E-state index in [1.807, 2.05) is 17.0 Å². The van der Waals surface area contributed by atoms with Gasteiger partial charge in [0.1, 0.15) is 18.1 Å². The number of aromatic nitrogens is 1. The van der Waals surface area contributed by atoms with Crippen LogP contribution in [0.5, 0.6) is 0 Å². The Bertz CT molecular complexity index is 659. The lowest BCUT2D eigenvalue weighted by molar-refractivity contribution is -0.109. The third-order valence-electron chi connectivity index (χ3n) is 4.10. The lowest BCUT2D eigenvalue weighted by Crippen LogP contribution is -2.54. The number of hydrogen-bond acceptors (Lipinski definition) is 4. The molecule has 1 aromatic heterocycles. The van der Waals surface area contributed by atoms with Crippen molar-refractivity contribution in [2.75, 3.05) is 11.4 Å². The van der Waals surface area contributed by atoms with Gasteiger partial charge in [-0.2, -0.15) is 0 Å². The summed E-state index contributed by atoms with van der Waals surface area (Å²) in [6.07, 6.45) is 3.97. The van der Waals surface area contributed by atoms with Gasteiger partial charge in [-0.3, -0.25) is 4.98 Å². The van der Waals surface area contributed by atoms with Crippen LogP contribution in [-0.4, -0.2) is 29.9 Å². The van der Waals surface area contributed by atoms with Crippen LogP contribution in [0.3, 0.4) is 0 Å². The predicted octanol–water partition coefficient (Wildman–Crippen LogP) is 1.72. The summed E-state index contributed by atoms with van der Waals surface area (Å²) >= 11 is 0. The first-order chi connectivity index (χ1) is 10.7. The Labute approximate surface area is 128 Å². The number of fused-ring (bicyclic) bond motifs is 1. The van der Waals surface area contributed by atoms with E-state index in [0.717, 1.165) is 23.2 Å². The molecule has 0 aliphatic carbocycles. The highest BCUT2D eigenvalue weighted by Crippen LogP contribution is 2.28. The molecule has 0 amide bonds. The number of halogens is 1. The van der Waals surface area contributed by atoms with Crippen molar-refractivity contribution in [2.45, 2.75) is 24.9 Å².